The summed E-state index contributed by atoms with van der Waals surface area (Å²) >= 11 is 0. The van der Waals surface area contributed by atoms with E-state index in [4.69, 9.17) is 9.47 Å². The highest BCUT2D eigenvalue weighted by Gasteiger charge is 2.18. The number of ether oxygens (including phenoxy) is 2. The van der Waals surface area contributed by atoms with Crippen LogP contribution in [0.4, 0.5) is 23.7 Å². The molecule has 2 heterocycles. The molecule has 1 atom stereocenters. The van der Waals surface area contributed by atoms with Gasteiger partial charge < -0.3 is 9.47 Å². The van der Waals surface area contributed by atoms with Crippen LogP contribution in [0.3, 0.4) is 0 Å². The Morgan fingerprint density at radius 3 is 2.70 bits per heavy atom. The van der Waals surface area contributed by atoms with Gasteiger partial charge in [-0.2, -0.15) is 5.10 Å². The number of nitrogens with zero attached hydrogens (tertiary/aromatic N) is 2. The second-order valence-corrected chi connectivity index (χ2v) is 7.62. The molecule has 4 rings (SSSR count). The van der Waals surface area contributed by atoms with E-state index in [0.717, 1.165) is 23.2 Å². The second kappa shape index (κ2) is 9.86. The molecule has 0 saturated carbocycles. The van der Waals surface area contributed by atoms with Crippen LogP contribution in [0.25, 0.3) is 5.69 Å². The van der Waals surface area contributed by atoms with Gasteiger partial charge in [0.25, 0.3) is 0 Å². The Balaban J connectivity index is 1.47. The number of benzene rings is 2. The van der Waals surface area contributed by atoms with Crippen molar-refractivity contribution < 1.29 is 27.4 Å². The summed E-state index contributed by atoms with van der Waals surface area (Å²) in [5.41, 5.74) is 0.780. The monoisotopic (exact) mass is 459 g/mol. The molecule has 1 N–H and O–H groups in total. The number of anilines is 1. The van der Waals surface area contributed by atoms with Crippen LogP contribution in [-0.2, 0) is 15.9 Å². The number of nitrogens with one attached hydrogen (secondary N) is 1. The first-order valence-corrected chi connectivity index (χ1v) is 10.2. The van der Waals surface area contributed by atoms with Crippen molar-refractivity contribution in [3.05, 3.63) is 87.6 Å². The lowest BCUT2D eigenvalue weighted by Gasteiger charge is -2.11. The predicted molar refractivity (Wildman–Crippen MR) is 113 cm³/mol. The SMILES string of the molecule is O=C(Nc1cccc(Cc2nn(-c3cc(F)c(F)c(F)c3)ccc2=O)c1)OCC1CCOC1. The van der Waals surface area contributed by atoms with Crippen molar-refractivity contribution in [2.45, 2.75) is 12.8 Å². The van der Waals surface area contributed by atoms with Gasteiger partial charge >= 0.3 is 6.09 Å². The highest BCUT2D eigenvalue weighted by molar-refractivity contribution is 5.84. The third-order valence-electron chi connectivity index (χ3n) is 5.13. The van der Waals surface area contributed by atoms with Crippen LogP contribution in [-0.4, -0.2) is 35.7 Å². The highest BCUT2D eigenvalue weighted by atomic mass is 19.2. The van der Waals surface area contributed by atoms with Gasteiger partial charge in [-0.25, -0.2) is 22.6 Å². The number of rotatable bonds is 6. The fourth-order valence-corrected chi connectivity index (χ4v) is 3.40. The average Bonchev–Trinajstić information content (AvgIpc) is 3.31. The van der Waals surface area contributed by atoms with Crippen molar-refractivity contribution in [1.29, 1.82) is 0 Å². The Hall–Kier alpha value is -3.66. The van der Waals surface area contributed by atoms with Crippen LogP contribution in [0.1, 0.15) is 17.7 Å². The zero-order chi connectivity index (χ0) is 23.4. The molecular formula is C23H20F3N3O4. The van der Waals surface area contributed by atoms with Crippen LogP contribution < -0.4 is 10.7 Å². The first-order valence-electron chi connectivity index (χ1n) is 10.2. The number of carbonyl (C=O) groups excluding carboxylic acids is 1. The maximum absolute atomic E-state index is 13.6. The molecule has 1 unspecified atom stereocenters. The molecule has 1 aliphatic heterocycles. The second-order valence-electron chi connectivity index (χ2n) is 7.62. The van der Waals surface area contributed by atoms with Gasteiger partial charge in [0.15, 0.2) is 17.5 Å². The van der Waals surface area contributed by atoms with Crippen molar-refractivity contribution in [1.82, 2.24) is 9.78 Å². The van der Waals surface area contributed by atoms with Crippen molar-refractivity contribution >= 4 is 11.8 Å². The van der Waals surface area contributed by atoms with E-state index in [9.17, 15) is 22.8 Å². The zero-order valence-corrected chi connectivity index (χ0v) is 17.4. The lowest BCUT2D eigenvalue weighted by Crippen LogP contribution is -2.19. The van der Waals surface area contributed by atoms with Gasteiger partial charge in [-0.3, -0.25) is 10.1 Å². The molecule has 1 saturated heterocycles. The molecule has 3 aromatic rings. The minimum atomic E-state index is -1.58. The molecule has 10 heteroatoms. The lowest BCUT2D eigenvalue weighted by atomic mass is 10.1. The molecule has 7 nitrogen and oxygen atoms in total. The molecule has 0 spiro atoms. The zero-order valence-electron chi connectivity index (χ0n) is 17.4. The van der Waals surface area contributed by atoms with E-state index in [2.05, 4.69) is 10.4 Å². The quantitative estimate of drug-likeness (QED) is 0.567. The number of hydrogen-bond donors (Lipinski definition) is 1. The van der Waals surface area contributed by atoms with Gasteiger partial charge in [-0.1, -0.05) is 12.1 Å². The molecule has 2 aromatic carbocycles. The Labute approximate surface area is 186 Å². The summed E-state index contributed by atoms with van der Waals surface area (Å²) in [6, 6.07) is 9.54. The van der Waals surface area contributed by atoms with Gasteiger partial charge in [0.1, 0.15) is 5.69 Å². The Kier molecular flexibility index (Phi) is 6.74. The molecule has 172 valence electrons. The minimum Gasteiger partial charge on any atom is -0.449 e. The van der Waals surface area contributed by atoms with E-state index in [-0.39, 0.29) is 35.8 Å². The fraction of sp³-hybridized carbons (Fsp3) is 0.261. The van der Waals surface area contributed by atoms with Crippen LogP contribution >= 0.6 is 0 Å². The van der Waals surface area contributed by atoms with E-state index in [0.29, 0.717) is 24.5 Å². The summed E-state index contributed by atoms with van der Waals surface area (Å²) in [5, 5.41) is 6.78. The first kappa shape index (κ1) is 22.5. The molecule has 0 bridgehead atoms. The third kappa shape index (κ3) is 5.58. The molecule has 1 fully saturated rings. The Bertz CT molecular complexity index is 1200. The maximum Gasteiger partial charge on any atom is 0.411 e. The van der Waals surface area contributed by atoms with E-state index < -0.39 is 23.5 Å². The molecule has 33 heavy (non-hydrogen) atoms. The van der Waals surface area contributed by atoms with E-state index >= 15 is 0 Å². The van der Waals surface area contributed by atoms with Crippen LogP contribution in [0.5, 0.6) is 0 Å². The highest BCUT2D eigenvalue weighted by Crippen LogP contribution is 2.18. The predicted octanol–water partition coefficient (Wildman–Crippen LogP) is 3.83. The summed E-state index contributed by atoms with van der Waals surface area (Å²) < 4.78 is 51.9. The normalized spacial score (nSPS) is 15.4. The van der Waals surface area contributed by atoms with Gasteiger partial charge in [-0.05, 0) is 24.1 Å². The summed E-state index contributed by atoms with van der Waals surface area (Å²) in [5.74, 6) is -4.12. The molecule has 1 aliphatic rings. The van der Waals surface area contributed by atoms with Crippen LogP contribution in [0, 0.1) is 23.4 Å². The summed E-state index contributed by atoms with van der Waals surface area (Å²) in [7, 11) is 0. The first-order chi connectivity index (χ1) is 15.9. The van der Waals surface area contributed by atoms with Crippen molar-refractivity contribution in [2.75, 3.05) is 25.1 Å². The molecular weight excluding hydrogens is 439 g/mol. The molecule has 0 aliphatic carbocycles. The maximum atomic E-state index is 13.6. The lowest BCUT2D eigenvalue weighted by molar-refractivity contribution is 0.127. The van der Waals surface area contributed by atoms with E-state index in [1.807, 2.05) is 0 Å². The van der Waals surface area contributed by atoms with Crippen LogP contribution in [0.15, 0.2) is 53.5 Å². The van der Waals surface area contributed by atoms with Gasteiger partial charge in [-0.15, -0.1) is 0 Å². The van der Waals surface area contributed by atoms with Crippen LogP contribution in [0.2, 0.25) is 0 Å². The summed E-state index contributed by atoms with van der Waals surface area (Å²) in [6.45, 7) is 1.50. The smallest absolute Gasteiger partial charge is 0.411 e. The molecule has 1 amide bonds. The van der Waals surface area contributed by atoms with E-state index in [1.165, 1.54) is 12.3 Å². The topological polar surface area (TPSA) is 82.5 Å². The third-order valence-corrected chi connectivity index (χ3v) is 5.13. The van der Waals surface area contributed by atoms with Crippen molar-refractivity contribution in [3.8, 4) is 5.69 Å². The Morgan fingerprint density at radius 1 is 1.18 bits per heavy atom. The number of aromatic nitrogens is 2. The number of carbonyl (C=O) groups is 1. The van der Waals surface area contributed by atoms with E-state index in [1.54, 1.807) is 24.3 Å². The summed E-state index contributed by atoms with van der Waals surface area (Å²) in [4.78, 5) is 24.3. The number of hydrogen-bond acceptors (Lipinski definition) is 5. The Morgan fingerprint density at radius 2 is 1.97 bits per heavy atom. The van der Waals surface area contributed by atoms with Gasteiger partial charge in [0.05, 0.1) is 18.9 Å². The summed E-state index contributed by atoms with van der Waals surface area (Å²) in [6.07, 6.45) is 1.58. The van der Waals surface area contributed by atoms with Crippen molar-refractivity contribution in [2.24, 2.45) is 5.92 Å². The largest absolute Gasteiger partial charge is 0.449 e. The van der Waals surface area contributed by atoms with Gasteiger partial charge in [0, 0.05) is 49.0 Å². The number of amides is 1. The fourth-order valence-electron chi connectivity index (χ4n) is 3.40. The number of halogens is 3. The van der Waals surface area contributed by atoms with Crippen molar-refractivity contribution in [3.63, 3.8) is 0 Å². The molecule has 1 aromatic heterocycles. The average molecular weight is 459 g/mol. The standard InChI is InChI=1S/C23H20F3N3O4/c24-18-10-17(11-19(25)22(18)26)29-6-4-21(30)20(28-29)9-14-2-1-3-16(8-14)27-23(31)33-13-15-5-7-32-12-15/h1-4,6,8,10-11,15H,5,7,9,12-13H2,(H,27,31). The van der Waals surface area contributed by atoms with Gasteiger partial charge in [0.2, 0.25) is 5.43 Å². The minimum absolute atomic E-state index is 0.0709. The molecule has 0 radical (unpaired) electrons.